The lowest BCUT2D eigenvalue weighted by Gasteiger charge is -2.25. The summed E-state index contributed by atoms with van der Waals surface area (Å²) < 4.78 is 22.0. The van der Waals surface area contributed by atoms with Crippen molar-refractivity contribution in [2.24, 2.45) is 5.92 Å². The number of urea groups is 1. The molecule has 0 saturated carbocycles. The van der Waals surface area contributed by atoms with E-state index in [0.717, 1.165) is 23.6 Å². The van der Waals surface area contributed by atoms with E-state index in [0.29, 0.717) is 12.5 Å². The Morgan fingerprint density at radius 3 is 2.68 bits per heavy atom. The minimum atomic E-state index is -3.15. The number of carbonyl (C=O) groups excluding carboxylic acids is 1. The molecule has 0 radical (unpaired) electrons. The number of benzene rings is 1. The van der Waals surface area contributed by atoms with Crippen LogP contribution in [0.25, 0.3) is 0 Å². The first-order chi connectivity index (χ1) is 10.4. The molecule has 2 rings (SSSR count). The SMILES string of the molecule is C[C@@H]1C[C@H](c2ccccc2)N(C(=O)NC/C=C/S(C)(=O)=O)C1. The monoisotopic (exact) mass is 322 g/mol. The second-order valence-corrected chi connectivity index (χ2v) is 7.74. The summed E-state index contributed by atoms with van der Waals surface area (Å²) in [5.41, 5.74) is 1.13. The molecule has 0 spiro atoms. The topological polar surface area (TPSA) is 66.5 Å². The molecular formula is C16H22N2O3S. The van der Waals surface area contributed by atoms with Gasteiger partial charge in [0, 0.05) is 24.8 Å². The predicted octanol–water partition coefficient (Wildman–Crippen LogP) is 2.34. The number of amides is 2. The fourth-order valence-electron chi connectivity index (χ4n) is 2.73. The molecule has 22 heavy (non-hydrogen) atoms. The first-order valence-corrected chi connectivity index (χ1v) is 9.28. The van der Waals surface area contributed by atoms with Gasteiger partial charge >= 0.3 is 6.03 Å². The van der Waals surface area contributed by atoms with Crippen LogP contribution in [0.4, 0.5) is 4.79 Å². The van der Waals surface area contributed by atoms with Crippen LogP contribution in [0, 0.1) is 5.92 Å². The maximum atomic E-state index is 12.3. The Balaban J connectivity index is 2.00. The summed E-state index contributed by atoms with van der Waals surface area (Å²) in [6, 6.07) is 9.90. The van der Waals surface area contributed by atoms with Gasteiger partial charge in [0.25, 0.3) is 0 Å². The third-order valence-electron chi connectivity index (χ3n) is 3.67. The number of sulfone groups is 1. The third-order valence-corrected chi connectivity index (χ3v) is 4.36. The van der Waals surface area contributed by atoms with E-state index in [-0.39, 0.29) is 18.6 Å². The van der Waals surface area contributed by atoms with Gasteiger partial charge in [0.2, 0.25) is 0 Å². The van der Waals surface area contributed by atoms with Crippen LogP contribution in [0.3, 0.4) is 0 Å². The zero-order valence-corrected chi connectivity index (χ0v) is 13.7. The smallest absolute Gasteiger partial charge is 0.318 e. The molecule has 1 aliphatic rings. The Kier molecular flexibility index (Phi) is 5.24. The van der Waals surface area contributed by atoms with Crippen molar-refractivity contribution in [2.45, 2.75) is 19.4 Å². The molecule has 0 bridgehead atoms. The van der Waals surface area contributed by atoms with Crippen LogP contribution in [0.5, 0.6) is 0 Å². The Labute approximate surface area is 131 Å². The number of nitrogens with one attached hydrogen (secondary N) is 1. The molecule has 2 atom stereocenters. The average Bonchev–Trinajstić information content (AvgIpc) is 2.85. The van der Waals surface area contributed by atoms with Crippen molar-refractivity contribution in [2.75, 3.05) is 19.3 Å². The van der Waals surface area contributed by atoms with Gasteiger partial charge in [-0.25, -0.2) is 13.2 Å². The zero-order valence-electron chi connectivity index (χ0n) is 12.9. The molecule has 6 heteroatoms. The van der Waals surface area contributed by atoms with Crippen LogP contribution in [0.15, 0.2) is 41.8 Å². The lowest BCUT2D eigenvalue weighted by molar-refractivity contribution is 0.193. The van der Waals surface area contributed by atoms with Crippen molar-refractivity contribution < 1.29 is 13.2 Å². The largest absolute Gasteiger partial charge is 0.334 e. The van der Waals surface area contributed by atoms with Gasteiger partial charge in [-0.1, -0.05) is 43.3 Å². The molecule has 1 fully saturated rings. The molecule has 120 valence electrons. The van der Waals surface area contributed by atoms with Crippen LogP contribution in [-0.2, 0) is 9.84 Å². The number of rotatable bonds is 4. The summed E-state index contributed by atoms with van der Waals surface area (Å²) >= 11 is 0. The zero-order chi connectivity index (χ0) is 16.2. The summed E-state index contributed by atoms with van der Waals surface area (Å²) in [7, 11) is -3.15. The van der Waals surface area contributed by atoms with Crippen molar-refractivity contribution in [3.63, 3.8) is 0 Å². The first kappa shape index (κ1) is 16.5. The fraction of sp³-hybridized carbons (Fsp3) is 0.438. The summed E-state index contributed by atoms with van der Waals surface area (Å²) in [4.78, 5) is 14.2. The van der Waals surface area contributed by atoms with Crippen molar-refractivity contribution >= 4 is 15.9 Å². The van der Waals surface area contributed by atoms with Gasteiger partial charge in [-0.15, -0.1) is 0 Å². The van der Waals surface area contributed by atoms with Crippen molar-refractivity contribution in [1.29, 1.82) is 0 Å². The number of hydrogen-bond acceptors (Lipinski definition) is 3. The number of nitrogens with zero attached hydrogens (tertiary/aromatic N) is 1. The molecule has 0 aliphatic carbocycles. The highest BCUT2D eigenvalue weighted by atomic mass is 32.2. The molecule has 1 aromatic rings. The van der Waals surface area contributed by atoms with Crippen molar-refractivity contribution in [3.05, 3.63) is 47.4 Å². The van der Waals surface area contributed by atoms with E-state index < -0.39 is 9.84 Å². The van der Waals surface area contributed by atoms with Gasteiger partial charge in [0.05, 0.1) is 6.04 Å². The standard InChI is InChI=1S/C16H22N2O3S/c1-13-11-15(14-7-4-3-5-8-14)18(12-13)16(19)17-9-6-10-22(2,20)21/h3-8,10,13,15H,9,11-12H2,1-2H3,(H,17,19)/b10-6+/t13-,15-/m1/s1. The maximum Gasteiger partial charge on any atom is 0.318 e. The van der Waals surface area contributed by atoms with Crippen LogP contribution in [0.2, 0.25) is 0 Å². The highest BCUT2D eigenvalue weighted by Gasteiger charge is 2.33. The molecule has 1 heterocycles. The van der Waals surface area contributed by atoms with E-state index in [1.54, 1.807) is 0 Å². The normalized spacial score (nSPS) is 22.2. The van der Waals surface area contributed by atoms with Crippen LogP contribution in [0.1, 0.15) is 24.9 Å². The number of likely N-dealkylation sites (tertiary alicyclic amines) is 1. The Morgan fingerprint density at radius 1 is 1.36 bits per heavy atom. The first-order valence-electron chi connectivity index (χ1n) is 7.33. The molecule has 0 aromatic heterocycles. The molecule has 0 unspecified atom stereocenters. The molecule has 5 nitrogen and oxygen atoms in total. The van der Waals surface area contributed by atoms with Crippen molar-refractivity contribution in [1.82, 2.24) is 10.2 Å². The second-order valence-electron chi connectivity index (χ2n) is 5.81. The lowest BCUT2D eigenvalue weighted by atomic mass is 10.0. The van der Waals surface area contributed by atoms with E-state index in [9.17, 15) is 13.2 Å². The van der Waals surface area contributed by atoms with Gasteiger partial charge in [-0.3, -0.25) is 0 Å². The average molecular weight is 322 g/mol. The Morgan fingerprint density at radius 2 is 2.05 bits per heavy atom. The van der Waals surface area contributed by atoms with Crippen molar-refractivity contribution in [3.8, 4) is 0 Å². The molecule has 1 aromatic carbocycles. The fourth-order valence-corrected chi connectivity index (χ4v) is 3.18. The molecule has 1 saturated heterocycles. The summed E-state index contributed by atoms with van der Waals surface area (Å²) in [5, 5.41) is 3.86. The molecular weight excluding hydrogens is 300 g/mol. The van der Waals surface area contributed by atoms with Crippen LogP contribution >= 0.6 is 0 Å². The summed E-state index contributed by atoms with van der Waals surface area (Å²) in [6.45, 7) is 3.05. The van der Waals surface area contributed by atoms with Gasteiger partial charge in [-0.05, 0) is 17.9 Å². The third kappa shape index (κ3) is 4.59. The highest BCUT2D eigenvalue weighted by Crippen LogP contribution is 2.34. The molecule has 2 amide bonds. The quantitative estimate of drug-likeness (QED) is 0.925. The second kappa shape index (κ2) is 6.96. The summed E-state index contributed by atoms with van der Waals surface area (Å²) in [5.74, 6) is 0.447. The van der Waals surface area contributed by atoms with Crippen LogP contribution in [-0.4, -0.2) is 38.7 Å². The number of carbonyl (C=O) groups is 1. The van der Waals surface area contributed by atoms with E-state index in [1.165, 1.54) is 6.08 Å². The van der Waals surface area contributed by atoms with E-state index in [2.05, 4.69) is 12.2 Å². The lowest BCUT2D eigenvalue weighted by Crippen LogP contribution is -2.39. The van der Waals surface area contributed by atoms with Gasteiger partial charge in [0.15, 0.2) is 9.84 Å². The highest BCUT2D eigenvalue weighted by molar-refractivity contribution is 7.93. The van der Waals surface area contributed by atoms with E-state index in [1.807, 2.05) is 35.2 Å². The summed E-state index contributed by atoms with van der Waals surface area (Å²) in [6.07, 6.45) is 3.51. The Bertz CT molecular complexity index is 641. The van der Waals surface area contributed by atoms with Gasteiger partial charge in [0.1, 0.15) is 0 Å². The van der Waals surface area contributed by atoms with Gasteiger partial charge in [-0.2, -0.15) is 0 Å². The minimum Gasteiger partial charge on any atom is -0.334 e. The van der Waals surface area contributed by atoms with Crippen LogP contribution < -0.4 is 5.32 Å². The molecule has 1 aliphatic heterocycles. The number of hydrogen-bond donors (Lipinski definition) is 1. The van der Waals surface area contributed by atoms with Gasteiger partial charge < -0.3 is 10.2 Å². The predicted molar refractivity (Wildman–Crippen MR) is 87.1 cm³/mol. The van der Waals surface area contributed by atoms with E-state index >= 15 is 0 Å². The maximum absolute atomic E-state index is 12.3. The Hall–Kier alpha value is -1.82. The minimum absolute atomic E-state index is 0.0788. The molecule has 1 N–H and O–H groups in total. The van der Waals surface area contributed by atoms with E-state index in [4.69, 9.17) is 0 Å².